The van der Waals surface area contributed by atoms with E-state index >= 15 is 0 Å². The van der Waals surface area contributed by atoms with Crippen molar-refractivity contribution in [3.8, 4) is 0 Å². The first-order chi connectivity index (χ1) is 13.5. The summed E-state index contributed by atoms with van der Waals surface area (Å²) in [5, 5.41) is 5.71. The SMILES string of the molecule is CCOC(=O)N1CCC(NC(=O)CCCNC(=O)Cc2cccc(F)c2)CC1. The number of nitrogens with one attached hydrogen (secondary N) is 2. The lowest BCUT2D eigenvalue weighted by molar-refractivity contribution is -0.123. The number of ether oxygens (including phenoxy) is 1. The number of hydrogen-bond acceptors (Lipinski definition) is 4. The molecule has 0 aromatic heterocycles. The molecule has 2 rings (SSSR count). The lowest BCUT2D eigenvalue weighted by Gasteiger charge is -2.31. The van der Waals surface area contributed by atoms with E-state index in [1.54, 1.807) is 24.0 Å². The number of rotatable bonds is 8. The van der Waals surface area contributed by atoms with Crippen molar-refractivity contribution in [1.29, 1.82) is 0 Å². The van der Waals surface area contributed by atoms with Crippen molar-refractivity contribution in [1.82, 2.24) is 15.5 Å². The third kappa shape index (κ3) is 7.54. The van der Waals surface area contributed by atoms with Crippen LogP contribution in [-0.2, 0) is 20.7 Å². The van der Waals surface area contributed by atoms with Crippen LogP contribution < -0.4 is 10.6 Å². The van der Waals surface area contributed by atoms with Gasteiger partial charge in [-0.25, -0.2) is 9.18 Å². The number of hydrogen-bond donors (Lipinski definition) is 2. The van der Waals surface area contributed by atoms with Gasteiger partial charge in [0.1, 0.15) is 5.82 Å². The van der Waals surface area contributed by atoms with Crippen molar-refractivity contribution < 1.29 is 23.5 Å². The van der Waals surface area contributed by atoms with Crippen LogP contribution in [0.5, 0.6) is 0 Å². The molecule has 28 heavy (non-hydrogen) atoms. The Morgan fingerprint density at radius 2 is 1.96 bits per heavy atom. The van der Waals surface area contributed by atoms with E-state index in [1.165, 1.54) is 12.1 Å². The Kier molecular flexibility index (Phi) is 8.71. The Morgan fingerprint density at radius 3 is 2.64 bits per heavy atom. The van der Waals surface area contributed by atoms with Gasteiger partial charge in [-0.2, -0.15) is 0 Å². The van der Waals surface area contributed by atoms with E-state index in [1.807, 2.05) is 0 Å². The van der Waals surface area contributed by atoms with Crippen LogP contribution in [0.4, 0.5) is 9.18 Å². The summed E-state index contributed by atoms with van der Waals surface area (Å²) >= 11 is 0. The van der Waals surface area contributed by atoms with Crippen LogP contribution in [0.1, 0.15) is 38.2 Å². The van der Waals surface area contributed by atoms with Gasteiger partial charge in [0.05, 0.1) is 13.0 Å². The van der Waals surface area contributed by atoms with Gasteiger partial charge in [-0.15, -0.1) is 0 Å². The summed E-state index contributed by atoms with van der Waals surface area (Å²) in [5.74, 6) is -0.624. The topological polar surface area (TPSA) is 87.7 Å². The molecule has 1 fully saturated rings. The fourth-order valence-electron chi connectivity index (χ4n) is 3.09. The average molecular weight is 393 g/mol. The largest absolute Gasteiger partial charge is 0.450 e. The highest BCUT2D eigenvalue weighted by atomic mass is 19.1. The molecule has 154 valence electrons. The van der Waals surface area contributed by atoms with E-state index in [0.717, 1.165) is 0 Å². The van der Waals surface area contributed by atoms with Gasteiger partial charge >= 0.3 is 6.09 Å². The van der Waals surface area contributed by atoms with Crippen LogP contribution in [-0.4, -0.2) is 55.1 Å². The number of likely N-dealkylation sites (tertiary alicyclic amines) is 1. The molecular weight excluding hydrogens is 365 g/mol. The molecule has 0 aliphatic carbocycles. The summed E-state index contributed by atoms with van der Waals surface area (Å²) in [7, 11) is 0. The highest BCUT2D eigenvalue weighted by molar-refractivity contribution is 5.79. The summed E-state index contributed by atoms with van der Waals surface area (Å²) in [6.07, 6.45) is 2.06. The van der Waals surface area contributed by atoms with Crippen molar-refractivity contribution in [2.24, 2.45) is 0 Å². The molecule has 0 unspecified atom stereocenters. The molecule has 7 nitrogen and oxygen atoms in total. The molecule has 0 spiro atoms. The van der Waals surface area contributed by atoms with Gasteiger partial charge < -0.3 is 20.3 Å². The van der Waals surface area contributed by atoms with E-state index < -0.39 is 0 Å². The van der Waals surface area contributed by atoms with E-state index in [-0.39, 0.29) is 36.2 Å². The molecule has 2 N–H and O–H groups in total. The van der Waals surface area contributed by atoms with Gasteiger partial charge in [-0.1, -0.05) is 12.1 Å². The monoisotopic (exact) mass is 393 g/mol. The lowest BCUT2D eigenvalue weighted by Crippen LogP contribution is -2.46. The third-order valence-corrected chi connectivity index (χ3v) is 4.54. The molecule has 3 amide bonds. The Bertz CT molecular complexity index is 675. The zero-order valence-electron chi connectivity index (χ0n) is 16.2. The normalized spacial score (nSPS) is 14.4. The predicted octanol–water partition coefficient (Wildman–Crippen LogP) is 2.00. The molecule has 8 heteroatoms. The van der Waals surface area contributed by atoms with Crippen molar-refractivity contribution >= 4 is 17.9 Å². The molecule has 1 aliphatic heterocycles. The minimum absolute atomic E-state index is 0.0562. The van der Waals surface area contributed by atoms with Crippen LogP contribution in [0.15, 0.2) is 24.3 Å². The van der Waals surface area contributed by atoms with Crippen LogP contribution in [0.3, 0.4) is 0 Å². The van der Waals surface area contributed by atoms with Gasteiger partial charge in [-0.3, -0.25) is 9.59 Å². The highest BCUT2D eigenvalue weighted by Gasteiger charge is 2.24. The first-order valence-electron chi connectivity index (χ1n) is 9.70. The second-order valence-electron chi connectivity index (χ2n) is 6.79. The zero-order valence-corrected chi connectivity index (χ0v) is 16.2. The molecule has 1 saturated heterocycles. The molecule has 1 aliphatic rings. The molecule has 0 atom stereocenters. The van der Waals surface area contributed by atoms with Gasteiger partial charge in [0.15, 0.2) is 0 Å². The van der Waals surface area contributed by atoms with Crippen molar-refractivity contribution in [2.75, 3.05) is 26.2 Å². The summed E-state index contributed by atoms with van der Waals surface area (Å²) in [4.78, 5) is 37.2. The third-order valence-electron chi connectivity index (χ3n) is 4.54. The van der Waals surface area contributed by atoms with E-state index in [2.05, 4.69) is 10.6 Å². The van der Waals surface area contributed by atoms with E-state index in [9.17, 15) is 18.8 Å². The van der Waals surface area contributed by atoms with Crippen molar-refractivity contribution in [2.45, 2.75) is 45.1 Å². The first kappa shape index (κ1) is 21.7. The van der Waals surface area contributed by atoms with Gasteiger partial charge in [0.2, 0.25) is 11.8 Å². The first-order valence-corrected chi connectivity index (χ1v) is 9.70. The highest BCUT2D eigenvalue weighted by Crippen LogP contribution is 2.12. The zero-order chi connectivity index (χ0) is 20.4. The second kappa shape index (κ2) is 11.3. The predicted molar refractivity (Wildman–Crippen MR) is 102 cm³/mol. The molecule has 0 bridgehead atoms. The number of nitrogens with zero attached hydrogens (tertiary/aromatic N) is 1. The Hall–Kier alpha value is -2.64. The molecular formula is C20H28FN3O4. The summed E-state index contributed by atoms with van der Waals surface area (Å²) in [6.45, 7) is 3.66. The minimum Gasteiger partial charge on any atom is -0.450 e. The van der Waals surface area contributed by atoms with Gasteiger partial charge in [0, 0.05) is 32.1 Å². The Morgan fingerprint density at radius 1 is 1.21 bits per heavy atom. The molecule has 1 aromatic rings. The van der Waals surface area contributed by atoms with Crippen LogP contribution in [0.25, 0.3) is 0 Å². The molecule has 0 saturated carbocycles. The fraction of sp³-hybridized carbons (Fsp3) is 0.550. The van der Waals surface area contributed by atoms with Crippen LogP contribution in [0.2, 0.25) is 0 Å². The van der Waals surface area contributed by atoms with Crippen molar-refractivity contribution in [3.05, 3.63) is 35.6 Å². The minimum atomic E-state index is -0.366. The summed E-state index contributed by atoms with van der Waals surface area (Å²) in [6, 6.07) is 5.99. The van der Waals surface area contributed by atoms with Gasteiger partial charge in [-0.05, 0) is 43.9 Å². The maximum Gasteiger partial charge on any atom is 0.409 e. The van der Waals surface area contributed by atoms with E-state index in [4.69, 9.17) is 4.74 Å². The second-order valence-corrected chi connectivity index (χ2v) is 6.79. The number of benzene rings is 1. The maximum absolute atomic E-state index is 13.1. The summed E-state index contributed by atoms with van der Waals surface area (Å²) in [5.41, 5.74) is 0.615. The molecule has 0 radical (unpaired) electrons. The number of carbonyl (C=O) groups is 3. The van der Waals surface area contributed by atoms with Crippen LogP contribution in [0, 0.1) is 5.82 Å². The smallest absolute Gasteiger partial charge is 0.409 e. The maximum atomic E-state index is 13.1. The van der Waals surface area contributed by atoms with Gasteiger partial charge in [0.25, 0.3) is 0 Å². The summed E-state index contributed by atoms with van der Waals surface area (Å²) < 4.78 is 18.1. The Balaban J connectivity index is 1.57. The quantitative estimate of drug-likeness (QED) is 0.662. The fourth-order valence-corrected chi connectivity index (χ4v) is 3.09. The lowest BCUT2D eigenvalue weighted by atomic mass is 10.1. The van der Waals surface area contributed by atoms with Crippen molar-refractivity contribution in [3.63, 3.8) is 0 Å². The average Bonchev–Trinajstić information content (AvgIpc) is 2.66. The van der Waals surface area contributed by atoms with Crippen LogP contribution >= 0.6 is 0 Å². The standard InChI is InChI=1S/C20H28FN3O4/c1-2-28-20(27)24-11-8-17(9-12-24)23-18(25)7-4-10-22-19(26)14-15-5-3-6-16(21)13-15/h3,5-6,13,17H,2,4,7-12,14H2,1H3,(H,22,26)(H,23,25). The number of carbonyl (C=O) groups excluding carboxylic acids is 3. The number of amides is 3. The number of piperidine rings is 1. The molecule has 1 heterocycles. The Labute approximate surface area is 164 Å². The number of halogens is 1. The van der Waals surface area contributed by atoms with E-state index in [0.29, 0.717) is 57.5 Å². The molecule has 1 aromatic carbocycles.